The van der Waals surface area contributed by atoms with Gasteiger partial charge in [0, 0.05) is 19.8 Å². The van der Waals surface area contributed by atoms with Crippen LogP contribution >= 0.6 is 0 Å². The van der Waals surface area contributed by atoms with Crippen molar-refractivity contribution in [3.8, 4) is 0 Å². The number of aliphatic hydroxyl groups excluding tert-OH is 1. The molecule has 9 nitrogen and oxygen atoms in total. The second-order valence-electron chi connectivity index (χ2n) is 4.59. The molecular formula is C12H19N5O4. The van der Waals surface area contributed by atoms with Gasteiger partial charge in [-0.1, -0.05) is 6.92 Å². The maximum absolute atomic E-state index is 11.7. The second-order valence-corrected chi connectivity index (χ2v) is 4.59. The minimum atomic E-state index is -0.930. The van der Waals surface area contributed by atoms with E-state index in [0.717, 1.165) is 4.52 Å². The number of ether oxygens (including phenoxy) is 2. The molecule has 0 aliphatic heterocycles. The van der Waals surface area contributed by atoms with Crippen LogP contribution in [0.3, 0.4) is 0 Å². The summed E-state index contributed by atoms with van der Waals surface area (Å²) in [5.74, 6) is -0.0302. The quantitative estimate of drug-likeness (QED) is 0.654. The predicted octanol–water partition coefficient (Wildman–Crippen LogP) is -0.527. The highest BCUT2D eigenvalue weighted by molar-refractivity contribution is 5.49. The van der Waals surface area contributed by atoms with Crippen LogP contribution < -0.4 is 11.4 Å². The average Bonchev–Trinajstić information content (AvgIpc) is 2.85. The molecule has 2 heterocycles. The van der Waals surface area contributed by atoms with E-state index in [1.54, 1.807) is 0 Å². The molecule has 0 fully saturated rings. The second kappa shape index (κ2) is 6.20. The van der Waals surface area contributed by atoms with E-state index in [-0.39, 0.29) is 11.6 Å². The van der Waals surface area contributed by atoms with Crippen molar-refractivity contribution < 1.29 is 14.6 Å². The van der Waals surface area contributed by atoms with Crippen molar-refractivity contribution in [2.75, 3.05) is 20.0 Å². The molecule has 3 unspecified atom stereocenters. The molecule has 0 saturated heterocycles. The van der Waals surface area contributed by atoms with Crippen LogP contribution in [0.25, 0.3) is 5.65 Å². The number of fused-ring (bicyclic) bond motifs is 1. The first-order valence-corrected chi connectivity index (χ1v) is 6.50. The molecule has 0 amide bonds. The fourth-order valence-electron chi connectivity index (χ4n) is 2.31. The number of aliphatic hydroxyl groups is 1. The number of nitrogens with two attached hydrogens (primary N) is 1. The number of nitrogen functional groups attached to an aromatic ring is 1. The number of hydrogen-bond acceptors (Lipinski definition) is 7. The lowest BCUT2D eigenvalue weighted by molar-refractivity contribution is -0.0910. The van der Waals surface area contributed by atoms with Gasteiger partial charge in [0.1, 0.15) is 12.2 Å². The predicted molar refractivity (Wildman–Crippen MR) is 74.9 cm³/mol. The zero-order valence-corrected chi connectivity index (χ0v) is 12.1. The van der Waals surface area contributed by atoms with E-state index in [1.807, 2.05) is 6.92 Å². The highest BCUT2D eigenvalue weighted by Crippen LogP contribution is 2.27. The molecule has 2 aromatic rings. The summed E-state index contributed by atoms with van der Waals surface area (Å²) in [4.78, 5) is 18.1. The Morgan fingerprint density at radius 2 is 2.19 bits per heavy atom. The Bertz CT molecular complexity index is 663. The topological polar surface area (TPSA) is 128 Å². The van der Waals surface area contributed by atoms with E-state index in [0.29, 0.717) is 12.0 Å². The highest BCUT2D eigenvalue weighted by Gasteiger charge is 2.31. The smallest absolute Gasteiger partial charge is 0.350 e. The van der Waals surface area contributed by atoms with E-state index in [9.17, 15) is 9.90 Å². The molecule has 4 N–H and O–H groups in total. The van der Waals surface area contributed by atoms with Gasteiger partial charge in [0.05, 0.1) is 12.3 Å². The first-order chi connectivity index (χ1) is 10.0. The molecule has 3 atom stereocenters. The van der Waals surface area contributed by atoms with Gasteiger partial charge in [-0.3, -0.25) is 4.98 Å². The van der Waals surface area contributed by atoms with Crippen LogP contribution in [0.2, 0.25) is 0 Å². The van der Waals surface area contributed by atoms with Gasteiger partial charge in [-0.25, -0.2) is 4.79 Å². The summed E-state index contributed by atoms with van der Waals surface area (Å²) in [6, 6.07) is 0. The SMILES string of the molecule is CCC(OC)C(O)C(OC)c1cnn2c(=O)[nH]c(N)nc12. The summed E-state index contributed by atoms with van der Waals surface area (Å²) >= 11 is 0. The van der Waals surface area contributed by atoms with E-state index in [4.69, 9.17) is 15.2 Å². The molecule has 0 saturated carbocycles. The third kappa shape index (κ3) is 2.75. The number of rotatable bonds is 6. The molecule has 0 spiro atoms. The molecule has 116 valence electrons. The van der Waals surface area contributed by atoms with E-state index in [1.165, 1.54) is 20.4 Å². The largest absolute Gasteiger partial charge is 0.387 e. The van der Waals surface area contributed by atoms with Crippen molar-refractivity contribution in [1.29, 1.82) is 0 Å². The molecule has 2 rings (SSSR count). The van der Waals surface area contributed by atoms with Gasteiger partial charge in [-0.2, -0.15) is 14.6 Å². The van der Waals surface area contributed by atoms with Crippen LogP contribution in [0.1, 0.15) is 25.0 Å². The van der Waals surface area contributed by atoms with Crippen LogP contribution in [0, 0.1) is 0 Å². The number of methoxy groups -OCH3 is 2. The van der Waals surface area contributed by atoms with Gasteiger partial charge in [-0.15, -0.1) is 0 Å². The Morgan fingerprint density at radius 3 is 2.76 bits per heavy atom. The van der Waals surface area contributed by atoms with Crippen LogP contribution in [0.15, 0.2) is 11.0 Å². The fourth-order valence-corrected chi connectivity index (χ4v) is 2.31. The number of aromatic nitrogens is 4. The van der Waals surface area contributed by atoms with Crippen LogP contribution in [-0.4, -0.2) is 51.1 Å². The Morgan fingerprint density at radius 1 is 1.48 bits per heavy atom. The van der Waals surface area contributed by atoms with Gasteiger partial charge in [0.25, 0.3) is 0 Å². The molecule has 21 heavy (non-hydrogen) atoms. The lowest BCUT2D eigenvalue weighted by Gasteiger charge is -2.26. The number of aromatic amines is 1. The zero-order valence-electron chi connectivity index (χ0n) is 12.1. The van der Waals surface area contributed by atoms with E-state index in [2.05, 4.69) is 15.1 Å². The summed E-state index contributed by atoms with van der Waals surface area (Å²) in [5, 5.41) is 14.4. The maximum atomic E-state index is 11.7. The summed E-state index contributed by atoms with van der Waals surface area (Å²) in [5.41, 5.74) is 5.75. The minimum absolute atomic E-state index is 0.0302. The van der Waals surface area contributed by atoms with E-state index >= 15 is 0 Å². The summed E-state index contributed by atoms with van der Waals surface area (Å²) < 4.78 is 11.7. The van der Waals surface area contributed by atoms with Crippen molar-refractivity contribution in [2.24, 2.45) is 0 Å². The van der Waals surface area contributed by atoms with Gasteiger partial charge in [0.2, 0.25) is 5.95 Å². The molecule has 2 aromatic heterocycles. The molecule has 0 aromatic carbocycles. The van der Waals surface area contributed by atoms with Gasteiger partial charge < -0.3 is 20.3 Å². The third-order valence-corrected chi connectivity index (χ3v) is 3.38. The molecular weight excluding hydrogens is 278 g/mol. The lowest BCUT2D eigenvalue weighted by atomic mass is 10.0. The summed E-state index contributed by atoms with van der Waals surface area (Å²) in [6.45, 7) is 1.89. The number of H-pyrrole nitrogens is 1. The van der Waals surface area contributed by atoms with Crippen molar-refractivity contribution in [2.45, 2.75) is 31.7 Å². The minimum Gasteiger partial charge on any atom is -0.387 e. The summed E-state index contributed by atoms with van der Waals surface area (Å²) in [7, 11) is 2.97. The average molecular weight is 297 g/mol. The van der Waals surface area contributed by atoms with Gasteiger partial charge in [-0.05, 0) is 6.42 Å². The molecule has 0 aliphatic carbocycles. The van der Waals surface area contributed by atoms with Gasteiger partial charge in [0.15, 0.2) is 5.65 Å². The molecule has 9 heteroatoms. The zero-order chi connectivity index (χ0) is 15.6. The van der Waals surface area contributed by atoms with Crippen molar-refractivity contribution in [3.63, 3.8) is 0 Å². The van der Waals surface area contributed by atoms with Crippen LogP contribution in [-0.2, 0) is 9.47 Å². The Labute approximate surface area is 120 Å². The van der Waals surface area contributed by atoms with Crippen molar-refractivity contribution in [3.05, 3.63) is 22.2 Å². The standard InChI is InChI=1S/C12H19N5O4/c1-4-7(20-2)8(18)9(21-3)6-5-14-17-10(6)15-11(13)16-12(17)19/h5,7-9,18H,4H2,1-3H3,(H3,13,15,16,19). The molecule has 0 aliphatic rings. The number of nitrogens with zero attached hydrogens (tertiary/aromatic N) is 3. The Kier molecular flexibility index (Phi) is 4.56. The Hall–Kier alpha value is -1.97. The molecule has 0 radical (unpaired) electrons. The number of nitrogens with one attached hydrogen (secondary N) is 1. The molecule has 0 bridgehead atoms. The lowest BCUT2D eigenvalue weighted by Crippen LogP contribution is -2.34. The summed E-state index contributed by atoms with van der Waals surface area (Å²) in [6.07, 6.45) is -0.0467. The number of anilines is 1. The number of hydrogen-bond donors (Lipinski definition) is 3. The van der Waals surface area contributed by atoms with Crippen molar-refractivity contribution in [1.82, 2.24) is 19.6 Å². The van der Waals surface area contributed by atoms with E-state index < -0.39 is 24.0 Å². The first-order valence-electron chi connectivity index (χ1n) is 6.50. The highest BCUT2D eigenvalue weighted by atomic mass is 16.5. The van der Waals surface area contributed by atoms with Crippen molar-refractivity contribution >= 4 is 11.6 Å². The van der Waals surface area contributed by atoms with Gasteiger partial charge >= 0.3 is 5.69 Å². The normalized spacial score (nSPS) is 16.0. The van der Waals surface area contributed by atoms with Crippen LogP contribution in [0.5, 0.6) is 0 Å². The van der Waals surface area contributed by atoms with Crippen LogP contribution in [0.4, 0.5) is 5.95 Å². The fraction of sp³-hybridized carbons (Fsp3) is 0.583. The third-order valence-electron chi connectivity index (χ3n) is 3.38. The Balaban J connectivity index is 2.50. The maximum Gasteiger partial charge on any atom is 0.350 e. The monoisotopic (exact) mass is 297 g/mol. The first kappa shape index (κ1) is 15.4.